The lowest BCUT2D eigenvalue weighted by molar-refractivity contribution is -0.137. The van der Waals surface area contributed by atoms with E-state index in [4.69, 9.17) is 0 Å². The molecule has 0 atom stereocenters. The maximum Gasteiger partial charge on any atom is 0.416 e. The molecule has 1 aliphatic heterocycles. The van der Waals surface area contributed by atoms with Crippen LogP contribution in [0.4, 0.5) is 13.2 Å². The molecule has 23 heavy (non-hydrogen) atoms. The second-order valence-electron chi connectivity index (χ2n) is 4.59. The Morgan fingerprint density at radius 1 is 1.13 bits per heavy atom. The molecule has 1 fully saturated rings. The number of Topliss-reactive ketones (excluding diaryl/α,β-unsaturated/α-hetero) is 1. The Hall–Kier alpha value is -0.930. The molecule has 2 rings (SSSR count). The molecular formula is C14H17BrF3NO3S. The zero-order valence-electron chi connectivity index (χ0n) is 12.7. The first-order valence-electron chi connectivity index (χ1n) is 7.01. The van der Waals surface area contributed by atoms with Gasteiger partial charge in [-0.15, -0.1) is 0 Å². The fraction of sp³-hybridized carbons (Fsp3) is 0.500. The number of ketones is 1. The molecule has 0 amide bonds. The predicted octanol–water partition coefficient (Wildman–Crippen LogP) is 3.85. The van der Waals surface area contributed by atoms with Gasteiger partial charge in [0.15, 0.2) is 0 Å². The van der Waals surface area contributed by atoms with Crippen molar-refractivity contribution in [1.29, 1.82) is 0 Å². The van der Waals surface area contributed by atoms with E-state index < -0.39 is 21.8 Å². The summed E-state index contributed by atoms with van der Waals surface area (Å²) in [4.78, 5) is 10.9. The van der Waals surface area contributed by atoms with Gasteiger partial charge in [0.25, 0.3) is 0 Å². The minimum Gasteiger partial charge on any atom is -0.300 e. The normalized spacial score (nSPS) is 16.7. The van der Waals surface area contributed by atoms with Crippen molar-refractivity contribution < 1.29 is 26.4 Å². The summed E-state index contributed by atoms with van der Waals surface area (Å²) in [5.74, 6) is -0.0204. The molecule has 0 aliphatic carbocycles. The van der Waals surface area contributed by atoms with Crippen LogP contribution in [-0.2, 0) is 21.0 Å². The van der Waals surface area contributed by atoms with Crippen LogP contribution in [0.1, 0.15) is 32.3 Å². The molecule has 0 aromatic heterocycles. The van der Waals surface area contributed by atoms with Crippen molar-refractivity contribution in [1.82, 2.24) is 4.31 Å². The lowest BCUT2D eigenvalue weighted by Crippen LogP contribution is -2.38. The Balaban J connectivity index is 0.00000127. The Labute approximate surface area is 141 Å². The maximum absolute atomic E-state index is 12.6. The van der Waals surface area contributed by atoms with Crippen LogP contribution < -0.4 is 0 Å². The highest BCUT2D eigenvalue weighted by molar-refractivity contribution is 9.10. The third-order valence-corrected chi connectivity index (χ3v) is 6.03. The molecular weight excluding hydrogens is 399 g/mol. The molecule has 0 radical (unpaired) electrons. The topological polar surface area (TPSA) is 54.5 Å². The van der Waals surface area contributed by atoms with Gasteiger partial charge in [0.2, 0.25) is 10.0 Å². The SMILES string of the molecule is CC.O=C1CCN(S(=O)(=O)c2ccc(C(F)(F)F)cc2Br)CC1. The van der Waals surface area contributed by atoms with Gasteiger partial charge in [-0.1, -0.05) is 13.8 Å². The largest absolute Gasteiger partial charge is 0.416 e. The summed E-state index contributed by atoms with van der Waals surface area (Å²) in [5.41, 5.74) is -0.929. The molecule has 0 N–H and O–H groups in total. The van der Waals surface area contributed by atoms with Crippen LogP contribution >= 0.6 is 15.9 Å². The van der Waals surface area contributed by atoms with Crippen LogP contribution in [0.3, 0.4) is 0 Å². The van der Waals surface area contributed by atoms with E-state index in [1.165, 1.54) is 0 Å². The number of halogens is 4. The van der Waals surface area contributed by atoms with Crippen LogP contribution in [0.15, 0.2) is 27.6 Å². The number of alkyl halides is 3. The zero-order chi connectivity index (χ0) is 17.8. The summed E-state index contributed by atoms with van der Waals surface area (Å²) >= 11 is 2.88. The molecule has 0 spiro atoms. The molecule has 0 saturated carbocycles. The first kappa shape index (κ1) is 20.1. The second-order valence-corrected chi connectivity index (χ2v) is 7.35. The molecule has 1 aromatic carbocycles. The molecule has 1 saturated heterocycles. The lowest BCUT2D eigenvalue weighted by atomic mass is 10.1. The van der Waals surface area contributed by atoms with Crippen LogP contribution in [0.5, 0.6) is 0 Å². The number of sulfonamides is 1. The van der Waals surface area contributed by atoms with Crippen LogP contribution in [0.25, 0.3) is 0 Å². The summed E-state index contributed by atoms with van der Waals surface area (Å²) < 4.78 is 63.5. The van der Waals surface area contributed by atoms with Crippen LogP contribution in [-0.4, -0.2) is 31.6 Å². The molecule has 1 aliphatic rings. The third kappa shape index (κ3) is 4.77. The minimum atomic E-state index is -4.54. The third-order valence-electron chi connectivity index (χ3n) is 3.16. The number of carbonyl (C=O) groups is 1. The number of piperidine rings is 1. The van der Waals surface area contributed by atoms with Gasteiger partial charge in [-0.2, -0.15) is 17.5 Å². The summed E-state index contributed by atoms with van der Waals surface area (Å²) in [6, 6.07) is 2.40. The van der Waals surface area contributed by atoms with Gasteiger partial charge in [-0.3, -0.25) is 4.79 Å². The van der Waals surface area contributed by atoms with Gasteiger partial charge < -0.3 is 0 Å². The van der Waals surface area contributed by atoms with E-state index in [0.717, 1.165) is 22.5 Å². The van der Waals surface area contributed by atoms with E-state index in [0.29, 0.717) is 0 Å². The summed E-state index contributed by atoms with van der Waals surface area (Å²) in [5, 5.41) is 0. The van der Waals surface area contributed by atoms with Gasteiger partial charge in [-0.25, -0.2) is 8.42 Å². The molecule has 130 valence electrons. The summed E-state index contributed by atoms with van der Waals surface area (Å²) in [7, 11) is -3.91. The van der Waals surface area contributed by atoms with Gasteiger partial charge in [0.1, 0.15) is 5.78 Å². The quantitative estimate of drug-likeness (QED) is 0.736. The fourth-order valence-electron chi connectivity index (χ4n) is 2.00. The number of carbonyl (C=O) groups excluding carboxylic acids is 1. The highest BCUT2D eigenvalue weighted by atomic mass is 79.9. The van der Waals surface area contributed by atoms with E-state index in [2.05, 4.69) is 15.9 Å². The first-order chi connectivity index (χ1) is 10.6. The zero-order valence-corrected chi connectivity index (χ0v) is 15.1. The second kappa shape index (κ2) is 7.76. The Kier molecular flexibility index (Phi) is 6.79. The number of nitrogens with zero attached hydrogens (tertiary/aromatic N) is 1. The monoisotopic (exact) mass is 415 g/mol. The number of hydrogen-bond donors (Lipinski definition) is 0. The van der Waals surface area contributed by atoms with Crippen molar-refractivity contribution in [2.75, 3.05) is 13.1 Å². The Bertz CT molecular complexity index is 664. The van der Waals surface area contributed by atoms with Gasteiger partial charge >= 0.3 is 6.18 Å². The Morgan fingerprint density at radius 3 is 2.09 bits per heavy atom. The number of benzene rings is 1. The molecule has 0 bridgehead atoms. The lowest BCUT2D eigenvalue weighted by Gasteiger charge is -2.25. The van der Waals surface area contributed by atoms with Gasteiger partial charge in [0.05, 0.1) is 10.5 Å². The number of rotatable bonds is 2. The molecule has 0 unspecified atom stereocenters. The maximum atomic E-state index is 12.6. The van der Waals surface area contributed by atoms with E-state index in [1.54, 1.807) is 0 Å². The average Bonchev–Trinajstić information content (AvgIpc) is 2.48. The van der Waals surface area contributed by atoms with Crippen LogP contribution in [0, 0.1) is 0 Å². The Morgan fingerprint density at radius 2 is 1.65 bits per heavy atom. The van der Waals surface area contributed by atoms with E-state index >= 15 is 0 Å². The fourth-order valence-corrected chi connectivity index (χ4v) is 4.48. The predicted molar refractivity (Wildman–Crippen MR) is 83.5 cm³/mol. The summed E-state index contributed by atoms with van der Waals surface area (Å²) in [6.45, 7) is 4.10. The van der Waals surface area contributed by atoms with Gasteiger partial charge in [-0.05, 0) is 34.1 Å². The van der Waals surface area contributed by atoms with Crippen LogP contribution in [0.2, 0.25) is 0 Å². The molecule has 1 heterocycles. The van der Waals surface area contributed by atoms with Crippen molar-refractivity contribution in [3.05, 3.63) is 28.2 Å². The first-order valence-corrected chi connectivity index (χ1v) is 9.24. The highest BCUT2D eigenvalue weighted by Gasteiger charge is 2.34. The summed E-state index contributed by atoms with van der Waals surface area (Å²) in [6.07, 6.45) is -4.29. The van der Waals surface area contributed by atoms with Gasteiger partial charge in [0, 0.05) is 30.4 Å². The molecule has 9 heteroatoms. The van der Waals surface area contributed by atoms with Crippen molar-refractivity contribution in [3.63, 3.8) is 0 Å². The van der Waals surface area contributed by atoms with Crippen molar-refractivity contribution in [2.45, 2.75) is 37.8 Å². The minimum absolute atomic E-state index is 0.0204. The van der Waals surface area contributed by atoms with E-state index in [9.17, 15) is 26.4 Å². The number of hydrogen-bond acceptors (Lipinski definition) is 3. The smallest absolute Gasteiger partial charge is 0.300 e. The highest BCUT2D eigenvalue weighted by Crippen LogP contribution is 2.34. The standard InChI is InChI=1S/C12H11BrF3NO3S.C2H6/c13-10-7-8(12(14,15)16)1-2-11(10)21(19,20)17-5-3-9(18)4-6-17;1-2/h1-2,7H,3-6H2;1-2H3. The molecule has 4 nitrogen and oxygen atoms in total. The van der Waals surface area contributed by atoms with E-state index in [-0.39, 0.29) is 41.1 Å². The van der Waals surface area contributed by atoms with E-state index in [1.807, 2.05) is 13.8 Å². The average molecular weight is 416 g/mol. The van der Waals surface area contributed by atoms with Crippen molar-refractivity contribution in [3.8, 4) is 0 Å². The molecule has 1 aromatic rings. The van der Waals surface area contributed by atoms with Crippen molar-refractivity contribution in [2.24, 2.45) is 0 Å². The van der Waals surface area contributed by atoms with Crippen molar-refractivity contribution >= 4 is 31.7 Å².